The second-order valence-electron chi connectivity index (χ2n) is 3.41. The Bertz CT molecular complexity index is 142. The van der Waals surface area contributed by atoms with E-state index in [9.17, 15) is 0 Å². The summed E-state index contributed by atoms with van der Waals surface area (Å²) < 4.78 is 10.9. The van der Waals surface area contributed by atoms with Gasteiger partial charge in [-0.15, -0.1) is 0 Å². The number of alkyl halides is 2. The topological polar surface area (TPSA) is 18.5 Å². The molecule has 0 saturated carbocycles. The summed E-state index contributed by atoms with van der Waals surface area (Å²) in [5, 5.41) is 0. The van der Waals surface area contributed by atoms with Gasteiger partial charge in [0.15, 0.2) is 10.6 Å². The molecule has 1 heterocycles. The monoisotopic (exact) mass is 212 g/mol. The number of hydrogen-bond acceptors (Lipinski definition) is 2. The molecule has 0 spiro atoms. The average molecular weight is 213 g/mol. The van der Waals surface area contributed by atoms with Crippen molar-refractivity contribution >= 4 is 23.2 Å². The molecule has 1 saturated heterocycles. The summed E-state index contributed by atoms with van der Waals surface area (Å²) in [4.78, 5) is -0.609. The smallest absolute Gasteiger partial charge is 0.199 e. The van der Waals surface area contributed by atoms with E-state index in [1.54, 1.807) is 0 Å². The van der Waals surface area contributed by atoms with Gasteiger partial charge in [-0.3, -0.25) is 0 Å². The molecule has 0 N–H and O–H groups in total. The predicted octanol–water partition coefficient (Wildman–Crippen LogP) is 2.58. The minimum atomic E-state index is -0.753. The fraction of sp³-hybridized carbons (Fsp3) is 1.00. The Morgan fingerprint density at radius 1 is 1.25 bits per heavy atom. The number of ether oxygens (including phenoxy) is 2. The summed E-state index contributed by atoms with van der Waals surface area (Å²) in [5.41, 5.74) is 0. The first-order valence-electron chi connectivity index (χ1n) is 4.13. The molecule has 1 fully saturated rings. The largest absolute Gasteiger partial charge is 0.345 e. The van der Waals surface area contributed by atoms with Crippen molar-refractivity contribution in [3.8, 4) is 0 Å². The van der Waals surface area contributed by atoms with Crippen molar-refractivity contribution in [2.45, 2.75) is 30.9 Å². The van der Waals surface area contributed by atoms with Gasteiger partial charge in [0.25, 0.3) is 0 Å². The normalized spacial score (nSPS) is 22.5. The summed E-state index contributed by atoms with van der Waals surface area (Å²) >= 11 is 11.6. The van der Waals surface area contributed by atoms with Gasteiger partial charge in [-0.05, 0) is 5.92 Å². The van der Waals surface area contributed by atoms with Crippen LogP contribution in [0.5, 0.6) is 0 Å². The minimum absolute atomic E-state index is 0.461. The maximum atomic E-state index is 5.80. The molecule has 1 aliphatic heterocycles. The van der Waals surface area contributed by atoms with Gasteiger partial charge in [0.05, 0.1) is 13.2 Å². The number of rotatable bonds is 3. The highest BCUT2D eigenvalue weighted by molar-refractivity contribution is 6.45. The zero-order chi connectivity index (χ0) is 9.19. The van der Waals surface area contributed by atoms with Crippen molar-refractivity contribution in [3.63, 3.8) is 0 Å². The molecular weight excluding hydrogens is 199 g/mol. The third-order valence-corrected chi connectivity index (χ3v) is 2.47. The Labute approximate surface area is 83.1 Å². The number of halogens is 2. The van der Waals surface area contributed by atoms with Crippen molar-refractivity contribution in [1.82, 2.24) is 0 Å². The van der Waals surface area contributed by atoms with Gasteiger partial charge >= 0.3 is 0 Å². The Morgan fingerprint density at radius 3 is 2.08 bits per heavy atom. The SMILES string of the molecule is CC(C)CC1(C(Cl)Cl)OCCO1. The van der Waals surface area contributed by atoms with Gasteiger partial charge < -0.3 is 9.47 Å². The summed E-state index contributed by atoms with van der Waals surface area (Å²) in [5.74, 6) is -0.291. The summed E-state index contributed by atoms with van der Waals surface area (Å²) in [6.07, 6.45) is 0.741. The molecule has 0 aromatic carbocycles. The highest BCUT2D eigenvalue weighted by Crippen LogP contribution is 2.35. The van der Waals surface area contributed by atoms with Crippen LogP contribution in [0.3, 0.4) is 0 Å². The second kappa shape index (κ2) is 4.14. The van der Waals surface area contributed by atoms with E-state index in [2.05, 4.69) is 13.8 Å². The van der Waals surface area contributed by atoms with Crippen molar-refractivity contribution < 1.29 is 9.47 Å². The van der Waals surface area contributed by atoms with Crippen LogP contribution < -0.4 is 0 Å². The van der Waals surface area contributed by atoms with Crippen LogP contribution in [-0.2, 0) is 9.47 Å². The first-order valence-corrected chi connectivity index (χ1v) is 5.00. The summed E-state index contributed by atoms with van der Waals surface area (Å²) in [6, 6.07) is 0. The van der Waals surface area contributed by atoms with E-state index in [0.717, 1.165) is 6.42 Å². The number of hydrogen-bond donors (Lipinski definition) is 0. The maximum Gasteiger partial charge on any atom is 0.199 e. The molecule has 12 heavy (non-hydrogen) atoms. The predicted molar refractivity (Wildman–Crippen MR) is 49.6 cm³/mol. The minimum Gasteiger partial charge on any atom is -0.345 e. The lowest BCUT2D eigenvalue weighted by molar-refractivity contribution is -0.157. The Kier molecular flexibility index (Phi) is 3.65. The van der Waals surface area contributed by atoms with E-state index in [-0.39, 0.29) is 0 Å². The van der Waals surface area contributed by atoms with E-state index in [4.69, 9.17) is 32.7 Å². The van der Waals surface area contributed by atoms with Crippen molar-refractivity contribution in [2.75, 3.05) is 13.2 Å². The highest BCUT2D eigenvalue weighted by atomic mass is 35.5. The molecule has 1 aliphatic rings. The zero-order valence-corrected chi connectivity index (χ0v) is 8.86. The van der Waals surface area contributed by atoms with Gasteiger partial charge in [-0.1, -0.05) is 37.0 Å². The first kappa shape index (κ1) is 10.6. The second-order valence-corrected chi connectivity index (χ2v) is 4.50. The van der Waals surface area contributed by atoms with Crippen LogP contribution >= 0.6 is 23.2 Å². The standard InChI is InChI=1S/C8H14Cl2O2/c1-6(2)5-8(7(9)10)11-3-4-12-8/h6-7H,3-5H2,1-2H3. The van der Waals surface area contributed by atoms with E-state index in [1.807, 2.05) is 0 Å². The zero-order valence-electron chi connectivity index (χ0n) is 7.35. The molecule has 0 atom stereocenters. The van der Waals surface area contributed by atoms with Crippen LogP contribution in [-0.4, -0.2) is 23.8 Å². The third kappa shape index (κ3) is 2.25. The molecule has 0 unspecified atom stereocenters. The molecule has 72 valence electrons. The molecule has 0 aliphatic carbocycles. The van der Waals surface area contributed by atoms with E-state index in [1.165, 1.54) is 0 Å². The fourth-order valence-electron chi connectivity index (χ4n) is 1.37. The molecular formula is C8H14Cl2O2. The van der Waals surface area contributed by atoms with Crippen LogP contribution in [0.1, 0.15) is 20.3 Å². The lowest BCUT2D eigenvalue weighted by Gasteiger charge is -2.29. The van der Waals surface area contributed by atoms with Crippen LogP contribution in [0, 0.1) is 5.92 Å². The molecule has 2 nitrogen and oxygen atoms in total. The van der Waals surface area contributed by atoms with E-state index < -0.39 is 10.6 Å². The molecule has 4 heteroatoms. The molecule has 0 amide bonds. The lowest BCUT2D eigenvalue weighted by atomic mass is 10.0. The van der Waals surface area contributed by atoms with Crippen molar-refractivity contribution in [1.29, 1.82) is 0 Å². The van der Waals surface area contributed by atoms with Crippen molar-refractivity contribution in [3.05, 3.63) is 0 Å². The molecule has 0 aromatic rings. The van der Waals surface area contributed by atoms with Crippen LogP contribution in [0.4, 0.5) is 0 Å². The van der Waals surface area contributed by atoms with Crippen molar-refractivity contribution in [2.24, 2.45) is 5.92 Å². The van der Waals surface area contributed by atoms with Gasteiger partial charge in [0.2, 0.25) is 0 Å². The Morgan fingerprint density at radius 2 is 1.75 bits per heavy atom. The maximum absolute atomic E-state index is 5.80. The van der Waals surface area contributed by atoms with E-state index in [0.29, 0.717) is 19.1 Å². The summed E-state index contributed by atoms with van der Waals surface area (Å²) in [6.45, 7) is 5.34. The van der Waals surface area contributed by atoms with Gasteiger partial charge in [0, 0.05) is 6.42 Å². The molecule has 0 bridgehead atoms. The molecule has 0 radical (unpaired) electrons. The van der Waals surface area contributed by atoms with Crippen LogP contribution in [0.15, 0.2) is 0 Å². The van der Waals surface area contributed by atoms with Crippen LogP contribution in [0.2, 0.25) is 0 Å². The quantitative estimate of drug-likeness (QED) is 0.671. The Balaban J connectivity index is 2.59. The average Bonchev–Trinajstić information content (AvgIpc) is 2.35. The third-order valence-electron chi connectivity index (χ3n) is 1.80. The van der Waals surface area contributed by atoms with Crippen LogP contribution in [0.25, 0.3) is 0 Å². The first-order chi connectivity index (χ1) is 5.57. The highest BCUT2D eigenvalue weighted by Gasteiger charge is 2.43. The molecule has 1 rings (SSSR count). The fourth-order valence-corrected chi connectivity index (χ4v) is 1.80. The van der Waals surface area contributed by atoms with Gasteiger partial charge in [-0.25, -0.2) is 0 Å². The summed E-state index contributed by atoms with van der Waals surface area (Å²) in [7, 11) is 0. The lowest BCUT2D eigenvalue weighted by Crippen LogP contribution is -2.38. The van der Waals surface area contributed by atoms with Gasteiger partial charge in [-0.2, -0.15) is 0 Å². The van der Waals surface area contributed by atoms with Gasteiger partial charge in [0.1, 0.15) is 0 Å². The Hall–Kier alpha value is 0.500. The van der Waals surface area contributed by atoms with E-state index >= 15 is 0 Å². The molecule has 0 aromatic heterocycles.